The first-order chi connectivity index (χ1) is 10.6. The van der Waals surface area contributed by atoms with Crippen molar-refractivity contribution in [2.75, 3.05) is 0 Å². The first-order valence-electron chi connectivity index (χ1n) is 7.51. The Hall–Kier alpha value is -2.36. The minimum absolute atomic E-state index is 0.104. The molecular formula is C18H22N2O2. The van der Waals surface area contributed by atoms with Crippen LogP contribution in [-0.2, 0) is 11.3 Å². The highest BCUT2D eigenvalue weighted by Gasteiger charge is 2.19. The van der Waals surface area contributed by atoms with E-state index in [2.05, 4.69) is 10.3 Å². The maximum absolute atomic E-state index is 12.3. The van der Waals surface area contributed by atoms with Gasteiger partial charge < -0.3 is 10.1 Å². The molecule has 1 aromatic carbocycles. The number of hydrogen-bond acceptors (Lipinski definition) is 3. The summed E-state index contributed by atoms with van der Waals surface area (Å²) >= 11 is 0. The Labute approximate surface area is 131 Å². The molecule has 22 heavy (non-hydrogen) atoms. The van der Waals surface area contributed by atoms with Crippen molar-refractivity contribution in [3.05, 3.63) is 59.4 Å². The molecule has 2 aromatic rings. The molecule has 2 rings (SSSR count). The minimum Gasteiger partial charge on any atom is -0.480 e. The standard InChI is InChI=1S/C18H22N2O2/c1-4-16(22-17-9-5-7-13(2)14(17)3)18(21)20-12-15-8-6-10-19-11-15/h5-11,16H,4,12H2,1-3H3,(H,20,21)/t16-/m0/s1. The van der Waals surface area contributed by atoms with Crippen LogP contribution in [-0.4, -0.2) is 17.0 Å². The number of ether oxygens (including phenoxy) is 1. The number of amides is 1. The molecule has 1 N–H and O–H groups in total. The van der Waals surface area contributed by atoms with Gasteiger partial charge in [0.15, 0.2) is 6.10 Å². The van der Waals surface area contributed by atoms with E-state index in [1.54, 1.807) is 12.4 Å². The van der Waals surface area contributed by atoms with Crippen LogP contribution in [0.15, 0.2) is 42.7 Å². The predicted octanol–water partition coefficient (Wildman–Crippen LogP) is 3.17. The fourth-order valence-corrected chi connectivity index (χ4v) is 2.13. The van der Waals surface area contributed by atoms with Crippen LogP contribution in [0.25, 0.3) is 0 Å². The van der Waals surface area contributed by atoms with Crippen molar-refractivity contribution in [2.24, 2.45) is 0 Å². The fraction of sp³-hybridized carbons (Fsp3) is 0.333. The molecule has 116 valence electrons. The molecule has 0 bridgehead atoms. The zero-order chi connectivity index (χ0) is 15.9. The third kappa shape index (κ3) is 4.07. The van der Waals surface area contributed by atoms with Crippen molar-refractivity contribution >= 4 is 5.91 Å². The van der Waals surface area contributed by atoms with Crippen LogP contribution >= 0.6 is 0 Å². The average molecular weight is 298 g/mol. The second kappa shape index (κ2) is 7.59. The highest BCUT2D eigenvalue weighted by atomic mass is 16.5. The molecular weight excluding hydrogens is 276 g/mol. The predicted molar refractivity (Wildman–Crippen MR) is 86.7 cm³/mol. The van der Waals surface area contributed by atoms with E-state index in [0.29, 0.717) is 13.0 Å². The van der Waals surface area contributed by atoms with E-state index in [1.165, 1.54) is 0 Å². The smallest absolute Gasteiger partial charge is 0.261 e. The van der Waals surface area contributed by atoms with Crippen molar-refractivity contribution in [1.82, 2.24) is 10.3 Å². The highest BCUT2D eigenvalue weighted by Crippen LogP contribution is 2.22. The fourth-order valence-electron chi connectivity index (χ4n) is 2.13. The molecule has 0 aliphatic heterocycles. The monoisotopic (exact) mass is 298 g/mol. The van der Waals surface area contributed by atoms with Crippen molar-refractivity contribution < 1.29 is 9.53 Å². The second-order valence-corrected chi connectivity index (χ2v) is 5.29. The number of hydrogen-bond donors (Lipinski definition) is 1. The number of benzene rings is 1. The normalized spacial score (nSPS) is 11.8. The number of carbonyl (C=O) groups is 1. The van der Waals surface area contributed by atoms with E-state index in [-0.39, 0.29) is 5.91 Å². The Morgan fingerprint density at radius 1 is 1.27 bits per heavy atom. The Bertz CT molecular complexity index is 626. The zero-order valence-electron chi connectivity index (χ0n) is 13.3. The summed E-state index contributed by atoms with van der Waals surface area (Å²) < 4.78 is 5.90. The maximum Gasteiger partial charge on any atom is 0.261 e. The number of rotatable bonds is 6. The SMILES string of the molecule is CC[C@H](Oc1cccc(C)c1C)C(=O)NCc1cccnc1. The quantitative estimate of drug-likeness (QED) is 0.891. The van der Waals surface area contributed by atoms with E-state index in [0.717, 1.165) is 22.4 Å². The molecule has 4 nitrogen and oxygen atoms in total. The third-order valence-corrected chi connectivity index (χ3v) is 3.68. The topological polar surface area (TPSA) is 51.2 Å². The van der Waals surface area contributed by atoms with Crippen LogP contribution in [0.2, 0.25) is 0 Å². The molecule has 0 unspecified atom stereocenters. The molecule has 4 heteroatoms. The van der Waals surface area contributed by atoms with Gasteiger partial charge in [0.2, 0.25) is 0 Å². The van der Waals surface area contributed by atoms with Crippen LogP contribution < -0.4 is 10.1 Å². The van der Waals surface area contributed by atoms with Gasteiger partial charge in [0.25, 0.3) is 5.91 Å². The van der Waals surface area contributed by atoms with Gasteiger partial charge in [-0.2, -0.15) is 0 Å². The van der Waals surface area contributed by atoms with Gasteiger partial charge in [0.05, 0.1) is 0 Å². The van der Waals surface area contributed by atoms with E-state index >= 15 is 0 Å². The summed E-state index contributed by atoms with van der Waals surface area (Å²) in [6.07, 6.45) is 3.58. The van der Waals surface area contributed by atoms with Crippen LogP contribution in [0.4, 0.5) is 0 Å². The van der Waals surface area contributed by atoms with Gasteiger partial charge in [-0.1, -0.05) is 25.1 Å². The number of nitrogens with zero attached hydrogens (tertiary/aromatic N) is 1. The van der Waals surface area contributed by atoms with Crippen molar-refractivity contribution in [1.29, 1.82) is 0 Å². The lowest BCUT2D eigenvalue weighted by Crippen LogP contribution is -2.37. The molecule has 1 amide bonds. The third-order valence-electron chi connectivity index (χ3n) is 3.68. The molecule has 1 heterocycles. The zero-order valence-corrected chi connectivity index (χ0v) is 13.3. The first-order valence-corrected chi connectivity index (χ1v) is 7.51. The Kier molecular flexibility index (Phi) is 5.53. The largest absolute Gasteiger partial charge is 0.480 e. The summed E-state index contributed by atoms with van der Waals surface area (Å²) in [4.78, 5) is 16.3. The van der Waals surface area contributed by atoms with Gasteiger partial charge in [-0.3, -0.25) is 9.78 Å². The summed E-state index contributed by atoms with van der Waals surface area (Å²) in [5.74, 6) is 0.663. The molecule has 0 saturated heterocycles. The molecule has 1 atom stereocenters. The number of aromatic nitrogens is 1. The van der Waals surface area contributed by atoms with Gasteiger partial charge in [-0.15, -0.1) is 0 Å². The van der Waals surface area contributed by atoms with E-state index in [9.17, 15) is 4.79 Å². The lowest BCUT2D eigenvalue weighted by Gasteiger charge is -2.19. The van der Waals surface area contributed by atoms with Crippen LogP contribution in [0, 0.1) is 13.8 Å². The maximum atomic E-state index is 12.3. The molecule has 0 saturated carbocycles. The van der Waals surface area contributed by atoms with E-state index in [1.807, 2.05) is 51.1 Å². The average Bonchev–Trinajstić information content (AvgIpc) is 2.55. The van der Waals surface area contributed by atoms with Crippen LogP contribution in [0.5, 0.6) is 5.75 Å². The summed E-state index contributed by atoms with van der Waals surface area (Å²) in [6.45, 7) is 6.44. The number of pyridine rings is 1. The summed E-state index contributed by atoms with van der Waals surface area (Å²) in [6, 6.07) is 9.66. The van der Waals surface area contributed by atoms with Gasteiger partial charge in [0, 0.05) is 18.9 Å². The lowest BCUT2D eigenvalue weighted by molar-refractivity contribution is -0.128. The lowest BCUT2D eigenvalue weighted by atomic mass is 10.1. The van der Waals surface area contributed by atoms with Gasteiger partial charge in [-0.25, -0.2) is 0 Å². The van der Waals surface area contributed by atoms with Crippen molar-refractivity contribution in [2.45, 2.75) is 39.8 Å². The minimum atomic E-state index is -0.489. The Balaban J connectivity index is 1.98. The molecule has 0 aliphatic rings. The summed E-state index contributed by atoms with van der Waals surface area (Å²) in [5.41, 5.74) is 3.20. The Morgan fingerprint density at radius 2 is 2.09 bits per heavy atom. The Morgan fingerprint density at radius 3 is 2.77 bits per heavy atom. The summed E-state index contributed by atoms with van der Waals surface area (Å²) in [7, 11) is 0. The van der Waals surface area contributed by atoms with Crippen LogP contribution in [0.1, 0.15) is 30.0 Å². The van der Waals surface area contributed by atoms with E-state index in [4.69, 9.17) is 4.74 Å². The second-order valence-electron chi connectivity index (χ2n) is 5.29. The molecule has 0 fully saturated rings. The summed E-state index contributed by atoms with van der Waals surface area (Å²) in [5, 5.41) is 2.90. The van der Waals surface area contributed by atoms with Gasteiger partial charge >= 0.3 is 0 Å². The number of aryl methyl sites for hydroxylation is 1. The van der Waals surface area contributed by atoms with Crippen molar-refractivity contribution in [3.8, 4) is 5.75 Å². The number of carbonyl (C=O) groups excluding carboxylic acids is 1. The van der Waals surface area contributed by atoms with Crippen molar-refractivity contribution in [3.63, 3.8) is 0 Å². The molecule has 0 spiro atoms. The van der Waals surface area contributed by atoms with Gasteiger partial charge in [-0.05, 0) is 49.1 Å². The molecule has 0 radical (unpaired) electrons. The highest BCUT2D eigenvalue weighted by molar-refractivity contribution is 5.81. The first kappa shape index (κ1) is 16.0. The van der Waals surface area contributed by atoms with E-state index < -0.39 is 6.10 Å². The number of nitrogens with one attached hydrogen (secondary N) is 1. The molecule has 0 aliphatic carbocycles. The molecule has 1 aromatic heterocycles. The van der Waals surface area contributed by atoms with Gasteiger partial charge in [0.1, 0.15) is 5.75 Å². The van der Waals surface area contributed by atoms with Crippen LogP contribution in [0.3, 0.4) is 0 Å².